The summed E-state index contributed by atoms with van der Waals surface area (Å²) >= 11 is 11.9. The van der Waals surface area contributed by atoms with Gasteiger partial charge in [0.1, 0.15) is 11.6 Å². The number of nitrogens with one attached hydrogen (secondary N) is 1. The number of thiocarbonyl (C=S) groups is 1. The molecule has 1 aliphatic rings. The molecule has 7 heteroatoms. The second-order valence-electron chi connectivity index (χ2n) is 6.59. The first kappa shape index (κ1) is 20.3. The highest BCUT2D eigenvalue weighted by Crippen LogP contribution is 2.34. The maximum Gasteiger partial charge on any atom is 0.231 e. The van der Waals surface area contributed by atoms with Crippen molar-refractivity contribution in [2.24, 2.45) is 0 Å². The van der Waals surface area contributed by atoms with Gasteiger partial charge in [0.2, 0.25) is 6.79 Å². The van der Waals surface area contributed by atoms with Crippen molar-refractivity contribution in [3.05, 3.63) is 82.4 Å². The minimum atomic E-state index is 0.251. The van der Waals surface area contributed by atoms with Crippen LogP contribution < -0.4 is 24.3 Å². The van der Waals surface area contributed by atoms with Gasteiger partial charge in [0.25, 0.3) is 0 Å². The van der Waals surface area contributed by atoms with Gasteiger partial charge in [-0.05, 0) is 35.9 Å². The van der Waals surface area contributed by atoms with Crippen molar-refractivity contribution in [3.8, 4) is 23.0 Å². The van der Waals surface area contributed by atoms with Gasteiger partial charge < -0.3 is 24.3 Å². The Hall–Kier alpha value is -2.96. The highest BCUT2D eigenvalue weighted by atomic mass is 35.5. The Labute approximate surface area is 185 Å². The number of hydrogen-bond donors (Lipinski definition) is 1. The summed E-state index contributed by atoms with van der Waals surface area (Å²) in [5, 5.41) is 3.93. The van der Waals surface area contributed by atoms with Gasteiger partial charge in [0.15, 0.2) is 23.0 Å². The highest BCUT2D eigenvalue weighted by Gasteiger charge is 2.16. The van der Waals surface area contributed by atoms with E-state index >= 15 is 0 Å². The summed E-state index contributed by atoms with van der Waals surface area (Å²) in [6.07, 6.45) is 0. The molecule has 0 bridgehead atoms. The molecule has 30 heavy (non-hydrogen) atoms. The Morgan fingerprint density at radius 2 is 1.90 bits per heavy atom. The SMILES string of the molecule is COc1cccc(C(=S)NCc2ccc3c(c2)OCO3)c1OCc1ccccc1Cl. The molecule has 0 saturated carbocycles. The second-order valence-corrected chi connectivity index (χ2v) is 7.40. The molecule has 0 aliphatic carbocycles. The molecule has 154 valence electrons. The fourth-order valence-electron chi connectivity index (χ4n) is 3.10. The lowest BCUT2D eigenvalue weighted by Gasteiger charge is -2.17. The number of fused-ring (bicyclic) bond motifs is 1. The van der Waals surface area contributed by atoms with E-state index in [1.165, 1.54) is 0 Å². The van der Waals surface area contributed by atoms with Crippen LogP contribution in [0.2, 0.25) is 5.02 Å². The summed E-state index contributed by atoms with van der Waals surface area (Å²) < 4.78 is 22.4. The van der Waals surface area contributed by atoms with Gasteiger partial charge in [-0.15, -0.1) is 0 Å². The average Bonchev–Trinajstić information content (AvgIpc) is 3.24. The molecule has 3 aromatic rings. The molecule has 5 nitrogen and oxygen atoms in total. The van der Waals surface area contributed by atoms with E-state index in [-0.39, 0.29) is 6.79 Å². The van der Waals surface area contributed by atoms with Crippen LogP contribution in [-0.2, 0) is 13.2 Å². The van der Waals surface area contributed by atoms with Gasteiger partial charge in [-0.3, -0.25) is 0 Å². The summed E-state index contributed by atoms with van der Waals surface area (Å²) in [6.45, 7) is 1.09. The Balaban J connectivity index is 1.49. The van der Waals surface area contributed by atoms with Crippen LogP contribution >= 0.6 is 23.8 Å². The van der Waals surface area contributed by atoms with Crippen molar-refractivity contribution in [1.82, 2.24) is 5.32 Å². The molecule has 0 radical (unpaired) electrons. The fourth-order valence-corrected chi connectivity index (χ4v) is 3.52. The van der Waals surface area contributed by atoms with Crippen LogP contribution in [0.5, 0.6) is 23.0 Å². The second kappa shape index (κ2) is 9.24. The molecule has 0 saturated heterocycles. The van der Waals surface area contributed by atoms with Crippen molar-refractivity contribution >= 4 is 28.8 Å². The van der Waals surface area contributed by atoms with Crippen LogP contribution in [0.15, 0.2) is 60.7 Å². The summed E-state index contributed by atoms with van der Waals surface area (Å²) in [7, 11) is 1.60. The summed E-state index contributed by atoms with van der Waals surface area (Å²) in [5.74, 6) is 2.67. The first-order valence-electron chi connectivity index (χ1n) is 9.35. The molecular weight excluding hydrogens is 422 g/mol. The summed E-state index contributed by atoms with van der Waals surface area (Å²) in [5.41, 5.74) is 2.66. The van der Waals surface area contributed by atoms with E-state index < -0.39 is 0 Å². The molecule has 1 N–H and O–H groups in total. The van der Waals surface area contributed by atoms with Crippen LogP contribution in [0.3, 0.4) is 0 Å². The Morgan fingerprint density at radius 1 is 1.07 bits per heavy atom. The van der Waals surface area contributed by atoms with Crippen LogP contribution in [-0.4, -0.2) is 18.9 Å². The van der Waals surface area contributed by atoms with Gasteiger partial charge in [0.05, 0.1) is 12.7 Å². The zero-order chi connectivity index (χ0) is 20.9. The van der Waals surface area contributed by atoms with Gasteiger partial charge in [-0.25, -0.2) is 0 Å². The van der Waals surface area contributed by atoms with Crippen LogP contribution in [0.25, 0.3) is 0 Å². The van der Waals surface area contributed by atoms with E-state index in [0.29, 0.717) is 34.7 Å². The molecular formula is C23H20ClNO4S. The van der Waals surface area contributed by atoms with E-state index in [1.807, 2.05) is 60.7 Å². The Morgan fingerprint density at radius 3 is 2.73 bits per heavy atom. The lowest BCUT2D eigenvalue weighted by atomic mass is 10.1. The monoisotopic (exact) mass is 441 g/mol. The van der Waals surface area contributed by atoms with Crippen LogP contribution in [0.4, 0.5) is 0 Å². The molecule has 0 spiro atoms. The third kappa shape index (κ3) is 4.45. The zero-order valence-corrected chi connectivity index (χ0v) is 17.9. The lowest BCUT2D eigenvalue weighted by Crippen LogP contribution is -2.22. The Bertz CT molecular complexity index is 1070. The number of methoxy groups -OCH3 is 1. The molecule has 0 aromatic heterocycles. The maximum absolute atomic E-state index is 6.26. The van der Waals surface area contributed by atoms with E-state index in [2.05, 4.69) is 5.32 Å². The van der Waals surface area contributed by atoms with Gasteiger partial charge >= 0.3 is 0 Å². The van der Waals surface area contributed by atoms with Crippen molar-refractivity contribution in [2.75, 3.05) is 13.9 Å². The number of rotatable bonds is 7. The largest absolute Gasteiger partial charge is 0.493 e. The predicted octanol–water partition coefficient (Wildman–Crippen LogP) is 5.12. The van der Waals surface area contributed by atoms with Gasteiger partial charge in [-0.1, -0.05) is 54.2 Å². The summed E-state index contributed by atoms with van der Waals surface area (Å²) in [6, 6.07) is 19.0. The number of hydrogen-bond acceptors (Lipinski definition) is 5. The minimum absolute atomic E-state index is 0.251. The third-order valence-electron chi connectivity index (χ3n) is 4.66. The number of para-hydroxylation sites is 1. The van der Waals surface area contributed by atoms with Crippen LogP contribution in [0, 0.1) is 0 Å². The molecule has 1 heterocycles. The molecule has 0 unspecified atom stereocenters. The third-order valence-corrected chi connectivity index (χ3v) is 5.40. The van der Waals surface area contributed by atoms with Crippen molar-refractivity contribution < 1.29 is 18.9 Å². The van der Waals surface area contributed by atoms with Gasteiger partial charge in [-0.2, -0.15) is 0 Å². The highest BCUT2D eigenvalue weighted by molar-refractivity contribution is 7.80. The number of halogens is 1. The van der Waals surface area contributed by atoms with Crippen molar-refractivity contribution in [1.29, 1.82) is 0 Å². The molecule has 0 amide bonds. The first-order chi connectivity index (χ1) is 14.7. The molecule has 4 rings (SSSR count). The van der Waals surface area contributed by atoms with E-state index in [0.717, 1.165) is 28.2 Å². The topological polar surface area (TPSA) is 49.0 Å². The fraction of sp³-hybridized carbons (Fsp3) is 0.174. The standard InChI is InChI=1S/C23H20ClNO4S/c1-26-20-8-4-6-17(22(20)27-13-16-5-2-3-7-18(16)24)23(30)25-12-15-9-10-19-21(11-15)29-14-28-19/h2-11H,12-14H2,1H3,(H,25,30). The van der Waals surface area contributed by atoms with Crippen molar-refractivity contribution in [3.63, 3.8) is 0 Å². The van der Waals surface area contributed by atoms with E-state index in [9.17, 15) is 0 Å². The normalized spacial score (nSPS) is 11.8. The molecule has 0 fully saturated rings. The zero-order valence-electron chi connectivity index (χ0n) is 16.3. The molecule has 1 aliphatic heterocycles. The number of benzene rings is 3. The van der Waals surface area contributed by atoms with Crippen molar-refractivity contribution in [2.45, 2.75) is 13.2 Å². The molecule has 0 atom stereocenters. The van der Waals surface area contributed by atoms with E-state index in [1.54, 1.807) is 7.11 Å². The Kier molecular flexibility index (Phi) is 6.26. The molecule has 3 aromatic carbocycles. The maximum atomic E-state index is 6.26. The quantitative estimate of drug-likeness (QED) is 0.513. The smallest absolute Gasteiger partial charge is 0.231 e. The first-order valence-corrected chi connectivity index (χ1v) is 10.1. The average molecular weight is 442 g/mol. The van der Waals surface area contributed by atoms with E-state index in [4.69, 9.17) is 42.8 Å². The lowest BCUT2D eigenvalue weighted by molar-refractivity contribution is 0.174. The van der Waals surface area contributed by atoms with Crippen LogP contribution in [0.1, 0.15) is 16.7 Å². The van der Waals surface area contributed by atoms with Gasteiger partial charge in [0, 0.05) is 17.1 Å². The minimum Gasteiger partial charge on any atom is -0.493 e. The predicted molar refractivity (Wildman–Crippen MR) is 120 cm³/mol. The number of ether oxygens (including phenoxy) is 4. The summed E-state index contributed by atoms with van der Waals surface area (Å²) in [4.78, 5) is 0.556.